The molecule has 0 unspecified atom stereocenters. The normalized spacial score (nSPS) is 21.8. The van der Waals surface area contributed by atoms with Crippen LogP contribution in [0.15, 0.2) is 24.5 Å². The van der Waals surface area contributed by atoms with Crippen molar-refractivity contribution < 1.29 is 19.8 Å². The molecule has 2 N–H and O–H groups in total. The maximum atomic E-state index is 12.8. The molecule has 2 amide bonds. The number of benzene rings is 1. The van der Waals surface area contributed by atoms with Crippen LogP contribution in [-0.4, -0.2) is 56.0 Å². The van der Waals surface area contributed by atoms with Gasteiger partial charge >= 0.3 is 6.09 Å². The molecule has 8 nitrogen and oxygen atoms in total. The number of carboxylic acid groups (broad SMARTS) is 1. The number of phenols is 1. The Hall–Kier alpha value is -3.03. The van der Waals surface area contributed by atoms with E-state index in [0.29, 0.717) is 13.1 Å². The molecule has 1 saturated carbocycles. The van der Waals surface area contributed by atoms with Gasteiger partial charge < -0.3 is 20.0 Å². The number of piperidine rings is 1. The first kappa shape index (κ1) is 19.9. The van der Waals surface area contributed by atoms with Gasteiger partial charge in [-0.3, -0.25) is 9.48 Å². The summed E-state index contributed by atoms with van der Waals surface area (Å²) in [6.45, 7) is 3.08. The number of nitrogens with zero attached hydrogens (tertiary/aromatic N) is 4. The fourth-order valence-corrected chi connectivity index (χ4v) is 4.91. The van der Waals surface area contributed by atoms with Crippen LogP contribution in [0.1, 0.15) is 50.6 Å². The van der Waals surface area contributed by atoms with E-state index < -0.39 is 6.09 Å². The molecule has 1 saturated heterocycles. The van der Waals surface area contributed by atoms with E-state index in [1.165, 1.54) is 4.90 Å². The Morgan fingerprint density at radius 3 is 2.52 bits per heavy atom. The van der Waals surface area contributed by atoms with Gasteiger partial charge in [-0.05, 0) is 57.6 Å². The summed E-state index contributed by atoms with van der Waals surface area (Å²) in [6, 6.07) is 4.14. The van der Waals surface area contributed by atoms with Gasteiger partial charge in [-0.25, -0.2) is 4.79 Å². The molecular formula is C23H28N4O4. The first-order valence-electron chi connectivity index (χ1n) is 11.1. The first-order chi connectivity index (χ1) is 14.9. The van der Waals surface area contributed by atoms with Crippen molar-refractivity contribution in [2.24, 2.45) is 5.92 Å². The number of likely N-dealkylation sites (tertiary alicyclic amines) is 1. The average Bonchev–Trinajstić information content (AvgIpc) is 3.51. The number of anilines is 1. The number of rotatable bonds is 3. The summed E-state index contributed by atoms with van der Waals surface area (Å²) in [5.41, 5.74) is 3.23. The molecule has 2 aromatic rings. The van der Waals surface area contributed by atoms with Crippen LogP contribution in [0.3, 0.4) is 0 Å². The second-order valence-corrected chi connectivity index (χ2v) is 9.04. The van der Waals surface area contributed by atoms with Crippen LogP contribution in [0, 0.1) is 5.92 Å². The highest BCUT2D eigenvalue weighted by Gasteiger charge is 2.39. The molecule has 5 rings (SSSR count). The second kappa shape index (κ2) is 7.59. The van der Waals surface area contributed by atoms with Crippen LogP contribution in [0.5, 0.6) is 5.75 Å². The number of phenolic OH excluding ortho intramolecular Hbond substituents is 1. The molecule has 2 fully saturated rings. The fraction of sp³-hybridized carbons (Fsp3) is 0.522. The minimum Gasteiger partial charge on any atom is -0.507 e. The maximum absolute atomic E-state index is 12.8. The summed E-state index contributed by atoms with van der Waals surface area (Å²) in [5.74, 6) is 0.556. The van der Waals surface area contributed by atoms with Crippen LogP contribution in [0.2, 0.25) is 0 Å². The third kappa shape index (κ3) is 3.54. The van der Waals surface area contributed by atoms with E-state index in [-0.39, 0.29) is 29.7 Å². The van der Waals surface area contributed by atoms with Gasteiger partial charge in [-0.2, -0.15) is 5.10 Å². The van der Waals surface area contributed by atoms with E-state index >= 15 is 0 Å². The lowest BCUT2D eigenvalue weighted by molar-refractivity contribution is -0.120. The Kier molecular flexibility index (Phi) is 4.87. The predicted octanol–water partition coefficient (Wildman–Crippen LogP) is 3.65. The van der Waals surface area contributed by atoms with E-state index in [1.54, 1.807) is 6.20 Å². The standard InChI is InChI=1S/C23H28N4O4/c1-14-2-5-19-20(27(14)22(29)15-3-4-15)7-6-18(21(19)28)16-12-24-26(13-16)17-8-10-25(11-9-17)23(30)31/h6-7,12-15,17,28H,2-5,8-11H2,1H3,(H,30,31)/t14-/m0/s1. The average molecular weight is 425 g/mol. The minimum atomic E-state index is -0.873. The number of carbonyl (C=O) groups is 2. The van der Waals surface area contributed by atoms with Crippen molar-refractivity contribution in [2.75, 3.05) is 18.0 Å². The molecule has 0 radical (unpaired) electrons. The molecule has 2 aliphatic heterocycles. The predicted molar refractivity (Wildman–Crippen MR) is 115 cm³/mol. The van der Waals surface area contributed by atoms with Crippen molar-refractivity contribution in [2.45, 2.75) is 57.5 Å². The number of hydrogen-bond donors (Lipinski definition) is 2. The van der Waals surface area contributed by atoms with Crippen molar-refractivity contribution >= 4 is 17.7 Å². The van der Waals surface area contributed by atoms with Gasteiger partial charge in [0.15, 0.2) is 0 Å². The van der Waals surface area contributed by atoms with Crippen molar-refractivity contribution in [1.82, 2.24) is 14.7 Å². The van der Waals surface area contributed by atoms with Crippen LogP contribution in [0.25, 0.3) is 11.1 Å². The smallest absolute Gasteiger partial charge is 0.407 e. The second-order valence-electron chi connectivity index (χ2n) is 9.04. The Morgan fingerprint density at radius 2 is 1.84 bits per heavy atom. The highest BCUT2D eigenvalue weighted by Crippen LogP contribution is 2.44. The van der Waals surface area contributed by atoms with Crippen LogP contribution in [0.4, 0.5) is 10.5 Å². The van der Waals surface area contributed by atoms with E-state index in [4.69, 9.17) is 5.11 Å². The molecule has 1 aromatic carbocycles. The number of amides is 2. The van der Waals surface area contributed by atoms with Gasteiger partial charge in [-0.15, -0.1) is 0 Å². The number of carbonyl (C=O) groups excluding carboxylic acids is 1. The van der Waals surface area contributed by atoms with Gasteiger partial charge in [0.2, 0.25) is 5.91 Å². The zero-order chi connectivity index (χ0) is 21.7. The van der Waals surface area contributed by atoms with Crippen molar-refractivity contribution in [3.05, 3.63) is 30.1 Å². The molecular weight excluding hydrogens is 396 g/mol. The quantitative estimate of drug-likeness (QED) is 0.784. The number of aromatic hydroxyl groups is 1. The Bertz CT molecular complexity index is 1020. The summed E-state index contributed by atoms with van der Waals surface area (Å²) in [5, 5.41) is 24.7. The van der Waals surface area contributed by atoms with Crippen LogP contribution >= 0.6 is 0 Å². The zero-order valence-corrected chi connectivity index (χ0v) is 17.7. The largest absolute Gasteiger partial charge is 0.507 e. The van der Waals surface area contributed by atoms with E-state index in [0.717, 1.165) is 60.9 Å². The van der Waals surface area contributed by atoms with E-state index in [2.05, 4.69) is 12.0 Å². The molecule has 1 aromatic heterocycles. The molecule has 0 spiro atoms. The molecule has 164 valence electrons. The Balaban J connectivity index is 1.40. The number of hydrogen-bond acceptors (Lipinski definition) is 4. The molecule has 0 bridgehead atoms. The summed E-state index contributed by atoms with van der Waals surface area (Å²) in [6.07, 6.45) is 7.76. The Morgan fingerprint density at radius 1 is 1.10 bits per heavy atom. The molecule has 31 heavy (non-hydrogen) atoms. The highest BCUT2D eigenvalue weighted by atomic mass is 16.4. The molecule has 3 aliphatic rings. The van der Waals surface area contributed by atoms with E-state index in [1.807, 2.05) is 27.9 Å². The fourth-order valence-electron chi connectivity index (χ4n) is 4.91. The van der Waals surface area contributed by atoms with Crippen LogP contribution < -0.4 is 4.90 Å². The van der Waals surface area contributed by atoms with Crippen molar-refractivity contribution in [3.8, 4) is 16.9 Å². The zero-order valence-electron chi connectivity index (χ0n) is 17.7. The summed E-state index contributed by atoms with van der Waals surface area (Å²) in [7, 11) is 0. The molecule has 1 aliphatic carbocycles. The van der Waals surface area contributed by atoms with Gasteiger partial charge in [-0.1, -0.05) is 0 Å². The molecule has 1 atom stereocenters. The summed E-state index contributed by atoms with van der Waals surface area (Å²) >= 11 is 0. The summed E-state index contributed by atoms with van der Waals surface area (Å²) in [4.78, 5) is 27.3. The SMILES string of the molecule is C[C@H]1CCc2c(ccc(-c3cnn(C4CCN(C(=O)O)CC4)c3)c2O)N1C(=O)C1CC1. The molecule has 3 heterocycles. The third-order valence-electron chi connectivity index (χ3n) is 6.96. The molecule has 8 heteroatoms. The maximum Gasteiger partial charge on any atom is 0.407 e. The van der Waals surface area contributed by atoms with Gasteiger partial charge in [0.25, 0.3) is 0 Å². The van der Waals surface area contributed by atoms with Crippen LogP contribution in [-0.2, 0) is 11.2 Å². The van der Waals surface area contributed by atoms with Gasteiger partial charge in [0.1, 0.15) is 5.75 Å². The number of fused-ring (bicyclic) bond motifs is 1. The number of aromatic nitrogens is 2. The topological polar surface area (TPSA) is 98.9 Å². The monoisotopic (exact) mass is 424 g/mol. The third-order valence-corrected chi connectivity index (χ3v) is 6.96. The van der Waals surface area contributed by atoms with Crippen molar-refractivity contribution in [3.63, 3.8) is 0 Å². The first-order valence-corrected chi connectivity index (χ1v) is 11.1. The van der Waals surface area contributed by atoms with E-state index in [9.17, 15) is 14.7 Å². The highest BCUT2D eigenvalue weighted by molar-refractivity contribution is 5.99. The van der Waals surface area contributed by atoms with Gasteiger partial charge in [0, 0.05) is 47.9 Å². The summed E-state index contributed by atoms with van der Waals surface area (Å²) < 4.78 is 1.89. The van der Waals surface area contributed by atoms with Gasteiger partial charge in [0.05, 0.1) is 17.9 Å². The van der Waals surface area contributed by atoms with Crippen molar-refractivity contribution in [1.29, 1.82) is 0 Å². The minimum absolute atomic E-state index is 0.140. The lowest BCUT2D eigenvalue weighted by Gasteiger charge is -2.36. The lowest BCUT2D eigenvalue weighted by Crippen LogP contribution is -2.43. The Labute approximate surface area is 181 Å². The lowest BCUT2D eigenvalue weighted by atomic mass is 9.92.